The van der Waals surface area contributed by atoms with Crippen LogP contribution < -0.4 is 10.6 Å². The fourth-order valence-corrected chi connectivity index (χ4v) is 3.63. The molecular formula is C19H24N6O2. The SMILES string of the molecule is Cc1nc(NCC(c2ccccn2)N2CCOCC2)c2c(n1)C(=O)NCC2. The highest BCUT2D eigenvalue weighted by atomic mass is 16.5. The third-order valence-corrected chi connectivity index (χ3v) is 4.97. The number of aromatic nitrogens is 3. The lowest BCUT2D eigenvalue weighted by Gasteiger charge is -2.34. The van der Waals surface area contributed by atoms with E-state index in [1.165, 1.54) is 0 Å². The Balaban J connectivity index is 1.59. The highest BCUT2D eigenvalue weighted by Crippen LogP contribution is 2.24. The number of hydrogen-bond donors (Lipinski definition) is 2. The number of anilines is 1. The lowest BCUT2D eigenvalue weighted by molar-refractivity contribution is 0.0179. The van der Waals surface area contributed by atoms with Crippen LogP contribution in [0.4, 0.5) is 5.82 Å². The van der Waals surface area contributed by atoms with E-state index in [2.05, 4.69) is 36.6 Å². The van der Waals surface area contributed by atoms with Crippen molar-refractivity contribution in [3.05, 3.63) is 47.2 Å². The molecule has 0 aromatic carbocycles. The number of nitrogens with zero attached hydrogens (tertiary/aromatic N) is 4. The van der Waals surface area contributed by atoms with E-state index in [1.54, 1.807) is 0 Å². The van der Waals surface area contributed by atoms with Crippen LogP contribution >= 0.6 is 0 Å². The standard InChI is InChI=1S/C19H24N6O2/c1-13-23-17-14(5-7-21-19(17)26)18(24-13)22-12-16(15-4-2-3-6-20-15)25-8-10-27-11-9-25/h2-4,6,16H,5,7-12H2,1H3,(H,21,26)(H,22,23,24). The molecule has 1 amide bonds. The molecule has 4 rings (SSSR count). The summed E-state index contributed by atoms with van der Waals surface area (Å²) in [6.45, 7) is 6.27. The van der Waals surface area contributed by atoms with Crippen molar-refractivity contribution in [1.29, 1.82) is 0 Å². The minimum absolute atomic E-state index is 0.110. The summed E-state index contributed by atoms with van der Waals surface area (Å²) < 4.78 is 5.50. The second-order valence-electron chi connectivity index (χ2n) is 6.75. The van der Waals surface area contributed by atoms with Crippen molar-refractivity contribution in [2.24, 2.45) is 0 Å². The first-order valence-electron chi connectivity index (χ1n) is 9.34. The second-order valence-corrected chi connectivity index (χ2v) is 6.75. The molecule has 1 fully saturated rings. The number of fused-ring (bicyclic) bond motifs is 1. The van der Waals surface area contributed by atoms with Crippen LogP contribution in [0.5, 0.6) is 0 Å². The van der Waals surface area contributed by atoms with E-state index < -0.39 is 0 Å². The third kappa shape index (κ3) is 3.91. The van der Waals surface area contributed by atoms with Crippen LogP contribution in [-0.2, 0) is 11.2 Å². The zero-order chi connectivity index (χ0) is 18.6. The van der Waals surface area contributed by atoms with Gasteiger partial charge in [-0.05, 0) is 25.5 Å². The Bertz CT molecular complexity index is 807. The number of hydrogen-bond acceptors (Lipinski definition) is 7. The van der Waals surface area contributed by atoms with Crippen molar-refractivity contribution < 1.29 is 9.53 Å². The van der Waals surface area contributed by atoms with Gasteiger partial charge in [-0.15, -0.1) is 0 Å². The number of nitrogens with one attached hydrogen (secondary N) is 2. The Kier molecular flexibility index (Phi) is 5.26. The summed E-state index contributed by atoms with van der Waals surface area (Å²) in [5.74, 6) is 1.22. The van der Waals surface area contributed by atoms with Gasteiger partial charge in [0, 0.05) is 37.9 Å². The van der Waals surface area contributed by atoms with Gasteiger partial charge in [0.1, 0.15) is 17.3 Å². The average Bonchev–Trinajstić information content (AvgIpc) is 2.70. The molecule has 2 aliphatic heterocycles. The van der Waals surface area contributed by atoms with Gasteiger partial charge in [-0.25, -0.2) is 9.97 Å². The van der Waals surface area contributed by atoms with Gasteiger partial charge in [-0.2, -0.15) is 0 Å². The van der Waals surface area contributed by atoms with E-state index in [9.17, 15) is 4.79 Å². The van der Waals surface area contributed by atoms with Crippen LogP contribution in [0.2, 0.25) is 0 Å². The Morgan fingerprint density at radius 1 is 1.30 bits per heavy atom. The minimum atomic E-state index is -0.126. The third-order valence-electron chi connectivity index (χ3n) is 4.97. The van der Waals surface area contributed by atoms with Crippen molar-refractivity contribution in [3.8, 4) is 0 Å². The maximum absolute atomic E-state index is 12.1. The second kappa shape index (κ2) is 7.98. The predicted octanol–water partition coefficient (Wildman–Crippen LogP) is 0.951. The number of morpholine rings is 1. The van der Waals surface area contributed by atoms with Crippen molar-refractivity contribution in [2.75, 3.05) is 44.7 Å². The van der Waals surface area contributed by atoms with Crippen LogP contribution in [0.1, 0.15) is 33.6 Å². The molecule has 8 nitrogen and oxygen atoms in total. The number of carbonyl (C=O) groups excluding carboxylic acids is 1. The molecule has 2 aliphatic rings. The van der Waals surface area contributed by atoms with E-state index in [0.717, 1.165) is 49.8 Å². The smallest absolute Gasteiger partial charge is 0.270 e. The van der Waals surface area contributed by atoms with E-state index in [4.69, 9.17) is 4.74 Å². The molecule has 1 atom stereocenters. The highest BCUT2D eigenvalue weighted by molar-refractivity contribution is 5.95. The largest absolute Gasteiger partial charge is 0.379 e. The molecule has 0 aliphatic carbocycles. The van der Waals surface area contributed by atoms with Gasteiger partial charge in [-0.1, -0.05) is 6.07 Å². The van der Waals surface area contributed by atoms with Gasteiger partial charge in [-0.3, -0.25) is 14.7 Å². The molecule has 1 saturated heterocycles. The zero-order valence-electron chi connectivity index (χ0n) is 15.4. The van der Waals surface area contributed by atoms with Crippen molar-refractivity contribution in [1.82, 2.24) is 25.2 Å². The topological polar surface area (TPSA) is 92.3 Å². The van der Waals surface area contributed by atoms with E-state index >= 15 is 0 Å². The van der Waals surface area contributed by atoms with E-state index in [-0.39, 0.29) is 11.9 Å². The van der Waals surface area contributed by atoms with Gasteiger partial charge in [0.2, 0.25) is 0 Å². The summed E-state index contributed by atoms with van der Waals surface area (Å²) in [6.07, 6.45) is 2.55. The Labute approximate surface area is 158 Å². The summed E-state index contributed by atoms with van der Waals surface area (Å²) in [5, 5.41) is 6.32. The molecule has 8 heteroatoms. The average molecular weight is 368 g/mol. The Morgan fingerprint density at radius 3 is 2.93 bits per heavy atom. The first-order chi connectivity index (χ1) is 13.2. The van der Waals surface area contributed by atoms with Crippen molar-refractivity contribution >= 4 is 11.7 Å². The molecule has 0 bridgehead atoms. The van der Waals surface area contributed by atoms with Crippen LogP contribution in [0.3, 0.4) is 0 Å². The molecule has 142 valence electrons. The molecule has 2 N–H and O–H groups in total. The number of pyridine rings is 1. The first kappa shape index (κ1) is 17.8. The quantitative estimate of drug-likeness (QED) is 0.812. The number of ether oxygens (including phenoxy) is 1. The van der Waals surface area contributed by atoms with Gasteiger partial charge in [0.05, 0.1) is 24.9 Å². The summed E-state index contributed by atoms with van der Waals surface area (Å²) in [4.78, 5) is 28.0. The van der Waals surface area contributed by atoms with Crippen molar-refractivity contribution in [2.45, 2.75) is 19.4 Å². The predicted molar refractivity (Wildman–Crippen MR) is 101 cm³/mol. The fraction of sp³-hybridized carbons (Fsp3) is 0.474. The molecule has 2 aromatic heterocycles. The molecule has 2 aromatic rings. The van der Waals surface area contributed by atoms with E-state index in [0.29, 0.717) is 24.6 Å². The van der Waals surface area contributed by atoms with Crippen LogP contribution in [0.15, 0.2) is 24.4 Å². The summed E-state index contributed by atoms with van der Waals surface area (Å²) in [7, 11) is 0. The van der Waals surface area contributed by atoms with Gasteiger partial charge in [0.15, 0.2) is 0 Å². The molecule has 0 radical (unpaired) electrons. The Morgan fingerprint density at radius 2 is 2.15 bits per heavy atom. The number of amides is 1. The number of rotatable bonds is 5. The summed E-state index contributed by atoms with van der Waals surface area (Å²) in [6, 6.07) is 6.10. The van der Waals surface area contributed by atoms with Gasteiger partial charge in [0.25, 0.3) is 5.91 Å². The van der Waals surface area contributed by atoms with Crippen LogP contribution in [0, 0.1) is 6.92 Å². The number of carbonyl (C=O) groups is 1. The normalized spacial score (nSPS) is 18.5. The molecule has 0 saturated carbocycles. The molecular weight excluding hydrogens is 344 g/mol. The minimum Gasteiger partial charge on any atom is -0.379 e. The lowest BCUT2D eigenvalue weighted by atomic mass is 10.1. The summed E-state index contributed by atoms with van der Waals surface area (Å²) in [5.41, 5.74) is 2.40. The molecule has 27 heavy (non-hydrogen) atoms. The maximum atomic E-state index is 12.1. The Hall–Kier alpha value is -2.58. The zero-order valence-corrected chi connectivity index (χ0v) is 15.4. The van der Waals surface area contributed by atoms with Gasteiger partial charge >= 0.3 is 0 Å². The maximum Gasteiger partial charge on any atom is 0.270 e. The highest BCUT2D eigenvalue weighted by Gasteiger charge is 2.26. The number of aryl methyl sites for hydroxylation is 1. The van der Waals surface area contributed by atoms with Crippen LogP contribution in [-0.4, -0.2) is 65.2 Å². The van der Waals surface area contributed by atoms with Gasteiger partial charge < -0.3 is 15.4 Å². The molecule has 0 spiro atoms. The summed E-state index contributed by atoms with van der Waals surface area (Å²) >= 11 is 0. The van der Waals surface area contributed by atoms with Crippen molar-refractivity contribution in [3.63, 3.8) is 0 Å². The first-order valence-corrected chi connectivity index (χ1v) is 9.34. The van der Waals surface area contributed by atoms with E-state index in [1.807, 2.05) is 25.3 Å². The van der Waals surface area contributed by atoms with Crippen LogP contribution in [0.25, 0.3) is 0 Å². The monoisotopic (exact) mass is 368 g/mol. The lowest BCUT2D eigenvalue weighted by Crippen LogP contribution is -2.42. The molecule has 4 heterocycles. The fourth-order valence-electron chi connectivity index (χ4n) is 3.63. The molecule has 1 unspecified atom stereocenters.